The summed E-state index contributed by atoms with van der Waals surface area (Å²) in [6, 6.07) is 9.16. The van der Waals surface area contributed by atoms with Crippen LogP contribution in [0.1, 0.15) is 12.5 Å². The number of carbonyl (C=O) groups is 2. The standard InChI is InChI=1S/C11H10O3/c1-9(13)14-11(8-12)7-10-5-3-2-4-6-10/h2-8H,1H3/b11-7+. The largest absolute Gasteiger partial charge is 0.423 e. The Kier molecular flexibility index (Phi) is 3.61. The average molecular weight is 190 g/mol. The van der Waals surface area contributed by atoms with E-state index < -0.39 is 5.97 Å². The van der Waals surface area contributed by atoms with Crippen LogP contribution in [0, 0.1) is 0 Å². The molecular weight excluding hydrogens is 180 g/mol. The molecule has 0 aliphatic heterocycles. The molecule has 0 atom stereocenters. The second kappa shape index (κ2) is 4.97. The van der Waals surface area contributed by atoms with Crippen LogP contribution in [0.2, 0.25) is 0 Å². The molecule has 0 N–H and O–H groups in total. The normalized spacial score (nSPS) is 10.8. The molecule has 1 rings (SSSR count). The highest BCUT2D eigenvalue weighted by Crippen LogP contribution is 2.05. The van der Waals surface area contributed by atoms with Gasteiger partial charge in [0.15, 0.2) is 12.0 Å². The Labute approximate surface area is 82.0 Å². The molecule has 1 aromatic rings. The number of aldehydes is 1. The summed E-state index contributed by atoms with van der Waals surface area (Å²) in [5, 5.41) is 0. The molecular formula is C11H10O3. The molecule has 0 amide bonds. The SMILES string of the molecule is CC(=O)O/C(C=O)=C/c1ccccc1. The Morgan fingerprint density at radius 2 is 1.93 bits per heavy atom. The topological polar surface area (TPSA) is 43.4 Å². The van der Waals surface area contributed by atoms with Crippen molar-refractivity contribution in [1.29, 1.82) is 0 Å². The van der Waals surface area contributed by atoms with E-state index in [4.69, 9.17) is 0 Å². The van der Waals surface area contributed by atoms with E-state index in [0.717, 1.165) is 5.56 Å². The zero-order valence-corrected chi connectivity index (χ0v) is 7.77. The Bertz CT molecular complexity index is 352. The van der Waals surface area contributed by atoms with Crippen LogP contribution in [0.25, 0.3) is 6.08 Å². The number of ether oxygens (including phenoxy) is 1. The molecule has 14 heavy (non-hydrogen) atoms. The third-order valence-electron chi connectivity index (χ3n) is 1.49. The van der Waals surface area contributed by atoms with Gasteiger partial charge in [-0.3, -0.25) is 9.59 Å². The van der Waals surface area contributed by atoms with E-state index in [2.05, 4.69) is 4.74 Å². The number of carbonyl (C=O) groups excluding carboxylic acids is 2. The van der Waals surface area contributed by atoms with Crippen LogP contribution in [0.5, 0.6) is 0 Å². The smallest absolute Gasteiger partial charge is 0.308 e. The molecule has 0 saturated carbocycles. The minimum Gasteiger partial charge on any atom is -0.423 e. The van der Waals surface area contributed by atoms with Gasteiger partial charge in [0.1, 0.15) is 0 Å². The Morgan fingerprint density at radius 3 is 2.43 bits per heavy atom. The summed E-state index contributed by atoms with van der Waals surface area (Å²) in [5.74, 6) is -0.483. The molecule has 0 aliphatic carbocycles. The van der Waals surface area contributed by atoms with Crippen molar-refractivity contribution in [3.63, 3.8) is 0 Å². The summed E-state index contributed by atoms with van der Waals surface area (Å²) in [4.78, 5) is 21.1. The predicted molar refractivity (Wildman–Crippen MR) is 52.2 cm³/mol. The predicted octanol–water partition coefficient (Wildman–Crippen LogP) is 1.79. The highest BCUT2D eigenvalue weighted by molar-refractivity contribution is 5.83. The molecule has 1 aromatic carbocycles. The van der Waals surface area contributed by atoms with Gasteiger partial charge < -0.3 is 4.74 Å². The van der Waals surface area contributed by atoms with E-state index in [1.54, 1.807) is 0 Å². The van der Waals surface area contributed by atoms with Gasteiger partial charge in [0.25, 0.3) is 0 Å². The molecule has 0 radical (unpaired) electrons. The quantitative estimate of drug-likeness (QED) is 0.316. The van der Waals surface area contributed by atoms with Gasteiger partial charge in [-0.05, 0) is 11.6 Å². The molecule has 0 bridgehead atoms. The molecule has 0 aromatic heterocycles. The summed E-state index contributed by atoms with van der Waals surface area (Å²) in [5.41, 5.74) is 0.816. The molecule has 3 nitrogen and oxygen atoms in total. The van der Waals surface area contributed by atoms with E-state index in [9.17, 15) is 9.59 Å². The zero-order chi connectivity index (χ0) is 10.4. The van der Waals surface area contributed by atoms with Gasteiger partial charge in [0.05, 0.1) is 0 Å². The number of benzene rings is 1. The lowest BCUT2D eigenvalue weighted by molar-refractivity contribution is -0.138. The van der Waals surface area contributed by atoms with Gasteiger partial charge in [-0.15, -0.1) is 0 Å². The minimum atomic E-state index is -0.501. The number of allylic oxidation sites excluding steroid dienone is 1. The third-order valence-corrected chi connectivity index (χ3v) is 1.49. The fraction of sp³-hybridized carbons (Fsp3) is 0.0909. The molecule has 72 valence electrons. The van der Waals surface area contributed by atoms with Gasteiger partial charge >= 0.3 is 5.97 Å². The fourth-order valence-corrected chi connectivity index (χ4v) is 0.967. The molecule has 0 unspecified atom stereocenters. The fourth-order valence-electron chi connectivity index (χ4n) is 0.967. The van der Waals surface area contributed by atoms with Crippen molar-refractivity contribution in [2.45, 2.75) is 6.92 Å². The first kappa shape index (κ1) is 10.2. The summed E-state index contributed by atoms with van der Waals surface area (Å²) in [6.07, 6.45) is 2.02. The van der Waals surface area contributed by atoms with Gasteiger partial charge in [-0.2, -0.15) is 0 Å². The van der Waals surface area contributed by atoms with Crippen molar-refractivity contribution in [2.75, 3.05) is 0 Å². The molecule has 3 heteroatoms. The van der Waals surface area contributed by atoms with Crippen LogP contribution >= 0.6 is 0 Å². The van der Waals surface area contributed by atoms with E-state index in [0.29, 0.717) is 6.29 Å². The highest BCUT2D eigenvalue weighted by Gasteiger charge is 1.99. The molecule has 0 saturated heterocycles. The van der Waals surface area contributed by atoms with Crippen LogP contribution in [0.15, 0.2) is 36.1 Å². The Morgan fingerprint density at radius 1 is 1.29 bits per heavy atom. The lowest BCUT2D eigenvalue weighted by atomic mass is 10.2. The van der Waals surface area contributed by atoms with E-state index in [-0.39, 0.29) is 5.76 Å². The van der Waals surface area contributed by atoms with Gasteiger partial charge in [0, 0.05) is 6.92 Å². The second-order valence-corrected chi connectivity index (χ2v) is 2.67. The summed E-state index contributed by atoms with van der Waals surface area (Å²) < 4.78 is 4.66. The maximum absolute atomic E-state index is 10.6. The number of hydrogen-bond acceptors (Lipinski definition) is 3. The first-order chi connectivity index (χ1) is 6.72. The average Bonchev–Trinajstić information content (AvgIpc) is 2.17. The molecule has 0 fully saturated rings. The second-order valence-electron chi connectivity index (χ2n) is 2.67. The lowest BCUT2D eigenvalue weighted by Gasteiger charge is -1.98. The molecule has 0 aliphatic rings. The van der Waals surface area contributed by atoms with Crippen molar-refractivity contribution in [3.05, 3.63) is 41.7 Å². The first-order valence-electron chi connectivity index (χ1n) is 4.12. The Hall–Kier alpha value is -1.90. The number of hydrogen-bond donors (Lipinski definition) is 0. The van der Waals surface area contributed by atoms with Crippen molar-refractivity contribution in [3.8, 4) is 0 Å². The van der Waals surface area contributed by atoms with Gasteiger partial charge in [-0.25, -0.2) is 0 Å². The van der Waals surface area contributed by atoms with Crippen LogP contribution in [0.3, 0.4) is 0 Å². The summed E-state index contributed by atoms with van der Waals surface area (Å²) >= 11 is 0. The zero-order valence-electron chi connectivity index (χ0n) is 7.77. The maximum atomic E-state index is 10.6. The van der Waals surface area contributed by atoms with Crippen molar-refractivity contribution in [2.24, 2.45) is 0 Å². The van der Waals surface area contributed by atoms with Crippen LogP contribution in [-0.4, -0.2) is 12.3 Å². The Balaban J connectivity index is 2.84. The minimum absolute atomic E-state index is 0.0173. The summed E-state index contributed by atoms with van der Waals surface area (Å²) in [6.45, 7) is 1.25. The number of esters is 1. The van der Waals surface area contributed by atoms with Gasteiger partial charge in [-0.1, -0.05) is 30.3 Å². The maximum Gasteiger partial charge on any atom is 0.308 e. The van der Waals surface area contributed by atoms with Crippen molar-refractivity contribution < 1.29 is 14.3 Å². The van der Waals surface area contributed by atoms with Gasteiger partial charge in [0.2, 0.25) is 0 Å². The number of rotatable bonds is 3. The molecule has 0 spiro atoms. The molecule has 0 heterocycles. The monoisotopic (exact) mass is 190 g/mol. The summed E-state index contributed by atoms with van der Waals surface area (Å²) in [7, 11) is 0. The van der Waals surface area contributed by atoms with Crippen LogP contribution < -0.4 is 0 Å². The van der Waals surface area contributed by atoms with Crippen molar-refractivity contribution in [1.82, 2.24) is 0 Å². The first-order valence-corrected chi connectivity index (χ1v) is 4.12. The van der Waals surface area contributed by atoms with E-state index in [1.807, 2.05) is 30.3 Å². The van der Waals surface area contributed by atoms with E-state index in [1.165, 1.54) is 13.0 Å². The van der Waals surface area contributed by atoms with Crippen molar-refractivity contribution >= 4 is 18.3 Å². The van der Waals surface area contributed by atoms with Crippen LogP contribution in [0.4, 0.5) is 0 Å². The third kappa shape index (κ3) is 3.23. The lowest BCUT2D eigenvalue weighted by Crippen LogP contribution is -1.99. The van der Waals surface area contributed by atoms with Crippen LogP contribution in [-0.2, 0) is 14.3 Å². The van der Waals surface area contributed by atoms with E-state index >= 15 is 0 Å². The highest BCUT2D eigenvalue weighted by atomic mass is 16.5.